The minimum absolute atomic E-state index is 0.0350. The zero-order valence-corrected chi connectivity index (χ0v) is 13.7. The lowest BCUT2D eigenvalue weighted by atomic mass is 10.2. The summed E-state index contributed by atoms with van der Waals surface area (Å²) in [5.74, 6) is 0.368. The molecule has 132 valence electrons. The van der Waals surface area contributed by atoms with Crippen molar-refractivity contribution in [2.75, 3.05) is 26.3 Å². The van der Waals surface area contributed by atoms with Crippen molar-refractivity contribution in [3.63, 3.8) is 0 Å². The average molecular weight is 353 g/mol. The number of rotatable bonds is 3. The highest BCUT2D eigenvalue weighted by atomic mass is 16.6. The predicted molar refractivity (Wildman–Crippen MR) is 92.2 cm³/mol. The van der Waals surface area contributed by atoms with Crippen LogP contribution in [0.2, 0.25) is 0 Å². The molecule has 0 N–H and O–H groups in total. The number of nitrogens with zero attached hydrogens (tertiary/aromatic N) is 5. The summed E-state index contributed by atoms with van der Waals surface area (Å²) in [6, 6.07) is 9.75. The maximum Gasteiger partial charge on any atom is 0.274 e. The molecule has 1 aliphatic rings. The summed E-state index contributed by atoms with van der Waals surface area (Å²) in [6.45, 7) is 2.14. The molecule has 0 saturated carbocycles. The van der Waals surface area contributed by atoms with Crippen LogP contribution in [0.25, 0.3) is 16.7 Å². The summed E-state index contributed by atoms with van der Waals surface area (Å²) in [7, 11) is 0. The molecule has 0 bridgehead atoms. The molecule has 0 radical (unpaired) electrons. The van der Waals surface area contributed by atoms with Gasteiger partial charge in [0, 0.05) is 36.8 Å². The summed E-state index contributed by atoms with van der Waals surface area (Å²) >= 11 is 0. The molecule has 0 spiro atoms. The lowest BCUT2D eigenvalue weighted by Crippen LogP contribution is -2.41. The Labute approximate surface area is 148 Å². The van der Waals surface area contributed by atoms with Crippen molar-refractivity contribution >= 4 is 22.5 Å². The van der Waals surface area contributed by atoms with Gasteiger partial charge in [0.25, 0.3) is 11.6 Å². The third-order valence-corrected chi connectivity index (χ3v) is 4.30. The number of morpholine rings is 1. The molecule has 2 aromatic heterocycles. The van der Waals surface area contributed by atoms with Crippen molar-refractivity contribution in [1.29, 1.82) is 0 Å². The molecular formula is C17H15N5O4. The van der Waals surface area contributed by atoms with Gasteiger partial charge in [-0.25, -0.2) is 0 Å². The highest BCUT2D eigenvalue weighted by molar-refractivity contribution is 5.92. The number of hydrogen-bond acceptors (Lipinski definition) is 6. The van der Waals surface area contributed by atoms with Crippen LogP contribution in [0.4, 0.5) is 5.69 Å². The van der Waals surface area contributed by atoms with E-state index in [1.807, 2.05) is 0 Å². The van der Waals surface area contributed by atoms with E-state index in [1.54, 1.807) is 39.9 Å². The summed E-state index contributed by atoms with van der Waals surface area (Å²) in [5, 5.41) is 19.8. The van der Waals surface area contributed by atoms with Crippen LogP contribution >= 0.6 is 0 Å². The van der Waals surface area contributed by atoms with Gasteiger partial charge in [-0.2, -0.15) is 0 Å². The van der Waals surface area contributed by atoms with Gasteiger partial charge in [-0.15, -0.1) is 10.2 Å². The highest BCUT2D eigenvalue weighted by Gasteiger charge is 2.20. The number of amides is 1. The topological polar surface area (TPSA) is 103 Å². The number of carbonyl (C=O) groups excluding carboxylic acids is 1. The van der Waals surface area contributed by atoms with E-state index >= 15 is 0 Å². The fraction of sp³-hybridized carbons (Fsp3) is 0.235. The first-order chi connectivity index (χ1) is 12.6. The van der Waals surface area contributed by atoms with Gasteiger partial charge in [0.1, 0.15) is 0 Å². The van der Waals surface area contributed by atoms with Crippen molar-refractivity contribution in [2.45, 2.75) is 0 Å². The Bertz CT molecular complexity index is 976. The number of nitro benzene ring substituents is 1. The van der Waals surface area contributed by atoms with Crippen molar-refractivity contribution in [1.82, 2.24) is 19.7 Å². The molecule has 9 nitrogen and oxygen atoms in total. The van der Waals surface area contributed by atoms with Gasteiger partial charge in [-0.1, -0.05) is 0 Å². The molecule has 1 aliphatic heterocycles. The number of benzene rings is 1. The second-order valence-electron chi connectivity index (χ2n) is 5.87. The standard InChI is InChI=1S/C17H15N5O4/c23-17(20-7-9-26-10-8-20)14-2-4-16(19-18-14)21-6-5-12-11-13(22(24)25)1-3-15(12)21/h1-6,11H,7-10H2. The first-order valence-corrected chi connectivity index (χ1v) is 8.10. The number of ether oxygens (including phenoxy) is 1. The van der Waals surface area contributed by atoms with Crippen molar-refractivity contribution < 1.29 is 14.5 Å². The lowest BCUT2D eigenvalue weighted by Gasteiger charge is -2.26. The van der Waals surface area contributed by atoms with Crippen LogP contribution in [0.15, 0.2) is 42.6 Å². The zero-order chi connectivity index (χ0) is 18.1. The first-order valence-electron chi connectivity index (χ1n) is 8.10. The van der Waals surface area contributed by atoms with Gasteiger partial charge >= 0.3 is 0 Å². The lowest BCUT2D eigenvalue weighted by molar-refractivity contribution is -0.384. The maximum absolute atomic E-state index is 12.4. The van der Waals surface area contributed by atoms with E-state index in [-0.39, 0.29) is 17.3 Å². The van der Waals surface area contributed by atoms with Gasteiger partial charge in [-0.05, 0) is 24.3 Å². The van der Waals surface area contributed by atoms with Crippen LogP contribution in [0.1, 0.15) is 10.5 Å². The van der Waals surface area contributed by atoms with Crippen LogP contribution in [0, 0.1) is 10.1 Å². The van der Waals surface area contributed by atoms with Crippen molar-refractivity contribution in [2.24, 2.45) is 0 Å². The largest absolute Gasteiger partial charge is 0.378 e. The Hall–Kier alpha value is -3.33. The van der Waals surface area contributed by atoms with Gasteiger partial charge in [-0.3, -0.25) is 19.5 Å². The second kappa shape index (κ2) is 6.52. The third-order valence-electron chi connectivity index (χ3n) is 4.30. The Morgan fingerprint density at radius 2 is 1.92 bits per heavy atom. The minimum atomic E-state index is -0.428. The Kier molecular flexibility index (Phi) is 4.05. The molecule has 26 heavy (non-hydrogen) atoms. The summed E-state index contributed by atoms with van der Waals surface area (Å²) in [5.41, 5.74) is 1.09. The molecule has 3 aromatic rings. The molecule has 1 amide bonds. The fourth-order valence-electron chi connectivity index (χ4n) is 2.94. The molecular weight excluding hydrogens is 338 g/mol. The van der Waals surface area contributed by atoms with E-state index in [0.717, 1.165) is 10.9 Å². The van der Waals surface area contributed by atoms with E-state index in [9.17, 15) is 14.9 Å². The van der Waals surface area contributed by atoms with Crippen LogP contribution in [-0.4, -0.2) is 56.8 Å². The first kappa shape index (κ1) is 16.2. The van der Waals surface area contributed by atoms with Gasteiger partial charge in [0.15, 0.2) is 11.5 Å². The highest BCUT2D eigenvalue weighted by Crippen LogP contribution is 2.24. The summed E-state index contributed by atoms with van der Waals surface area (Å²) in [4.78, 5) is 24.6. The molecule has 0 atom stereocenters. The van der Waals surface area contributed by atoms with Crippen molar-refractivity contribution in [3.05, 3.63) is 58.4 Å². The van der Waals surface area contributed by atoms with Crippen LogP contribution in [-0.2, 0) is 4.74 Å². The van der Waals surface area contributed by atoms with Crippen molar-refractivity contribution in [3.8, 4) is 5.82 Å². The second-order valence-corrected chi connectivity index (χ2v) is 5.87. The summed E-state index contributed by atoms with van der Waals surface area (Å²) in [6.07, 6.45) is 1.77. The number of carbonyl (C=O) groups is 1. The van der Waals surface area contributed by atoms with E-state index in [0.29, 0.717) is 32.1 Å². The van der Waals surface area contributed by atoms with E-state index < -0.39 is 4.92 Å². The zero-order valence-electron chi connectivity index (χ0n) is 13.7. The molecule has 3 heterocycles. The Morgan fingerprint density at radius 1 is 1.12 bits per heavy atom. The number of nitro groups is 1. The number of non-ortho nitro benzene ring substituents is 1. The number of fused-ring (bicyclic) bond motifs is 1. The normalized spacial score (nSPS) is 14.5. The number of aromatic nitrogens is 3. The van der Waals surface area contributed by atoms with E-state index in [1.165, 1.54) is 12.1 Å². The molecule has 1 aromatic carbocycles. The van der Waals surface area contributed by atoms with Gasteiger partial charge in [0.2, 0.25) is 0 Å². The minimum Gasteiger partial charge on any atom is -0.378 e. The molecule has 9 heteroatoms. The molecule has 0 unspecified atom stereocenters. The molecule has 1 saturated heterocycles. The average Bonchev–Trinajstić information content (AvgIpc) is 3.11. The monoisotopic (exact) mass is 353 g/mol. The smallest absolute Gasteiger partial charge is 0.274 e. The van der Waals surface area contributed by atoms with Crippen LogP contribution < -0.4 is 0 Å². The third kappa shape index (κ3) is 2.88. The number of hydrogen-bond donors (Lipinski definition) is 0. The SMILES string of the molecule is O=C(c1ccc(-n2ccc3cc([N+](=O)[O-])ccc32)nn1)N1CCOCC1. The molecule has 0 aliphatic carbocycles. The quantitative estimate of drug-likeness (QED) is 0.525. The van der Waals surface area contributed by atoms with Crippen LogP contribution in [0.3, 0.4) is 0 Å². The van der Waals surface area contributed by atoms with Gasteiger partial charge in [0.05, 0.1) is 23.7 Å². The predicted octanol–water partition coefficient (Wildman–Crippen LogP) is 1.80. The Balaban J connectivity index is 1.61. The van der Waals surface area contributed by atoms with E-state index in [2.05, 4.69) is 10.2 Å². The fourth-order valence-corrected chi connectivity index (χ4v) is 2.94. The summed E-state index contributed by atoms with van der Waals surface area (Å²) < 4.78 is 7.02. The van der Waals surface area contributed by atoms with Gasteiger partial charge < -0.3 is 9.64 Å². The molecule has 4 rings (SSSR count). The Morgan fingerprint density at radius 3 is 2.62 bits per heavy atom. The van der Waals surface area contributed by atoms with E-state index in [4.69, 9.17) is 4.74 Å². The van der Waals surface area contributed by atoms with Crippen LogP contribution in [0.5, 0.6) is 0 Å². The molecule has 1 fully saturated rings. The maximum atomic E-state index is 12.4.